The van der Waals surface area contributed by atoms with Crippen LogP contribution in [0.5, 0.6) is 0 Å². The van der Waals surface area contributed by atoms with Gasteiger partial charge in [-0.25, -0.2) is 0 Å². The minimum atomic E-state index is -0.729. The fourth-order valence-corrected chi connectivity index (χ4v) is 4.05. The minimum absolute atomic E-state index is 0.115. The second-order valence-corrected chi connectivity index (χ2v) is 7.89. The van der Waals surface area contributed by atoms with Crippen LogP contribution in [-0.4, -0.2) is 12.0 Å². The Morgan fingerprint density at radius 2 is 2.17 bits per heavy atom. The van der Waals surface area contributed by atoms with Crippen molar-refractivity contribution in [1.82, 2.24) is 0 Å². The maximum Gasteiger partial charge on any atom is 0.163 e. The number of hydrogen-bond acceptors (Lipinski definition) is 4. The summed E-state index contributed by atoms with van der Waals surface area (Å²) in [6.07, 6.45) is 1.72. The van der Waals surface area contributed by atoms with Gasteiger partial charge in [0, 0.05) is 16.8 Å². The molecule has 2 aliphatic rings. The Morgan fingerprint density at radius 3 is 2.83 bits per heavy atom. The van der Waals surface area contributed by atoms with Crippen molar-refractivity contribution < 1.29 is 9.53 Å². The molecule has 1 aromatic rings. The number of ether oxygens (including phenoxy) is 1. The zero-order chi connectivity index (χ0) is 16.8. The number of halogens is 1. The number of rotatable bonds is 1. The van der Waals surface area contributed by atoms with E-state index in [2.05, 4.69) is 22.0 Å². The van der Waals surface area contributed by atoms with Crippen LogP contribution in [0.25, 0.3) is 0 Å². The van der Waals surface area contributed by atoms with Crippen LogP contribution in [0.15, 0.2) is 40.6 Å². The van der Waals surface area contributed by atoms with E-state index in [1.165, 1.54) is 0 Å². The van der Waals surface area contributed by atoms with E-state index in [0.29, 0.717) is 12.2 Å². The molecule has 1 heterocycles. The van der Waals surface area contributed by atoms with Crippen LogP contribution in [0.3, 0.4) is 0 Å². The lowest BCUT2D eigenvalue weighted by Crippen LogP contribution is -2.48. The number of Topliss-reactive ketones (excluding diaryl/α,β-unsaturated/α-hetero) is 1. The van der Waals surface area contributed by atoms with Crippen molar-refractivity contribution in [3.63, 3.8) is 0 Å². The van der Waals surface area contributed by atoms with Gasteiger partial charge >= 0.3 is 0 Å². The molecule has 3 rings (SSSR count). The van der Waals surface area contributed by atoms with Gasteiger partial charge < -0.3 is 4.74 Å². The van der Waals surface area contributed by atoms with Crippen LogP contribution in [0, 0.1) is 28.6 Å². The SMILES string of the molecule is CC1(C)C=C2OC(N)C(C#N)C(c3cccc(Br)c3)C2C(=O)C1. The van der Waals surface area contributed by atoms with Gasteiger partial charge in [0.25, 0.3) is 0 Å². The molecule has 23 heavy (non-hydrogen) atoms. The quantitative estimate of drug-likeness (QED) is 0.815. The number of allylic oxidation sites excluding steroid dienone is 2. The first-order valence-electron chi connectivity index (χ1n) is 7.65. The summed E-state index contributed by atoms with van der Waals surface area (Å²) in [5.74, 6) is -0.533. The Hall–Kier alpha value is -1.64. The summed E-state index contributed by atoms with van der Waals surface area (Å²) in [7, 11) is 0. The van der Waals surface area contributed by atoms with Gasteiger partial charge in [-0.2, -0.15) is 5.26 Å². The van der Waals surface area contributed by atoms with Crippen LogP contribution in [0.2, 0.25) is 0 Å². The van der Waals surface area contributed by atoms with E-state index in [0.717, 1.165) is 10.0 Å². The Balaban J connectivity index is 2.13. The molecule has 1 saturated heterocycles. The number of nitrogens with two attached hydrogens (primary N) is 1. The van der Waals surface area contributed by atoms with Gasteiger partial charge in [0.15, 0.2) is 6.23 Å². The Morgan fingerprint density at radius 1 is 1.43 bits per heavy atom. The maximum atomic E-state index is 12.8. The number of carbonyl (C=O) groups is 1. The fraction of sp³-hybridized carbons (Fsp3) is 0.444. The summed E-state index contributed by atoms with van der Waals surface area (Å²) < 4.78 is 6.68. The average Bonchev–Trinajstić information content (AvgIpc) is 2.44. The van der Waals surface area contributed by atoms with Gasteiger partial charge in [0.2, 0.25) is 0 Å². The monoisotopic (exact) mass is 374 g/mol. The van der Waals surface area contributed by atoms with Crippen molar-refractivity contribution in [2.75, 3.05) is 0 Å². The summed E-state index contributed by atoms with van der Waals surface area (Å²) in [6, 6.07) is 9.99. The molecule has 0 spiro atoms. The molecule has 4 unspecified atom stereocenters. The van der Waals surface area contributed by atoms with Gasteiger partial charge in [0.1, 0.15) is 17.5 Å². The zero-order valence-corrected chi connectivity index (χ0v) is 14.7. The van der Waals surface area contributed by atoms with E-state index in [1.807, 2.05) is 44.2 Å². The van der Waals surface area contributed by atoms with Crippen LogP contribution < -0.4 is 5.73 Å². The third-order valence-corrected chi connectivity index (χ3v) is 5.06. The second-order valence-electron chi connectivity index (χ2n) is 6.97. The number of ketones is 1. The molecule has 0 radical (unpaired) electrons. The molecule has 4 nitrogen and oxygen atoms in total. The van der Waals surface area contributed by atoms with Crippen molar-refractivity contribution in [3.05, 3.63) is 46.1 Å². The number of nitrogens with zero attached hydrogens (tertiary/aromatic N) is 1. The number of benzene rings is 1. The Bertz CT molecular complexity index is 720. The van der Waals surface area contributed by atoms with Gasteiger partial charge in [0.05, 0.1) is 12.0 Å². The highest BCUT2D eigenvalue weighted by atomic mass is 79.9. The van der Waals surface area contributed by atoms with Gasteiger partial charge in [-0.05, 0) is 29.2 Å². The molecular weight excluding hydrogens is 356 g/mol. The Labute approximate surface area is 144 Å². The highest BCUT2D eigenvalue weighted by Crippen LogP contribution is 2.48. The first kappa shape index (κ1) is 16.2. The Kier molecular flexibility index (Phi) is 4.07. The van der Waals surface area contributed by atoms with Gasteiger partial charge in [-0.15, -0.1) is 0 Å². The van der Waals surface area contributed by atoms with Crippen molar-refractivity contribution in [3.8, 4) is 6.07 Å². The van der Waals surface area contributed by atoms with E-state index in [4.69, 9.17) is 10.5 Å². The predicted octanol–water partition coefficient (Wildman–Crippen LogP) is 3.49. The van der Waals surface area contributed by atoms with Crippen LogP contribution in [-0.2, 0) is 9.53 Å². The molecular formula is C18H19BrN2O2. The molecule has 1 fully saturated rings. The lowest BCUT2D eigenvalue weighted by molar-refractivity contribution is -0.130. The van der Waals surface area contributed by atoms with E-state index < -0.39 is 18.1 Å². The molecule has 1 aromatic carbocycles. The topological polar surface area (TPSA) is 76.1 Å². The normalized spacial score (nSPS) is 32.3. The van der Waals surface area contributed by atoms with Crippen molar-refractivity contribution in [2.24, 2.45) is 23.0 Å². The largest absolute Gasteiger partial charge is 0.478 e. The summed E-state index contributed by atoms with van der Waals surface area (Å²) in [6.45, 7) is 4.01. The number of hydrogen-bond donors (Lipinski definition) is 1. The third-order valence-electron chi connectivity index (χ3n) is 4.57. The van der Waals surface area contributed by atoms with Crippen molar-refractivity contribution in [2.45, 2.75) is 32.4 Å². The minimum Gasteiger partial charge on any atom is -0.478 e. The number of nitriles is 1. The molecule has 2 N–H and O–H groups in total. The lowest BCUT2D eigenvalue weighted by Gasteiger charge is -2.44. The van der Waals surface area contributed by atoms with E-state index in [9.17, 15) is 10.1 Å². The van der Waals surface area contributed by atoms with E-state index in [1.54, 1.807) is 0 Å². The summed E-state index contributed by atoms with van der Waals surface area (Å²) in [4.78, 5) is 12.8. The van der Waals surface area contributed by atoms with Crippen molar-refractivity contribution in [1.29, 1.82) is 5.26 Å². The molecule has 5 heteroatoms. The molecule has 0 bridgehead atoms. The van der Waals surface area contributed by atoms with Gasteiger partial charge in [-0.3, -0.25) is 10.5 Å². The van der Waals surface area contributed by atoms with Crippen molar-refractivity contribution >= 4 is 21.7 Å². The molecule has 0 aromatic heterocycles. The first-order chi connectivity index (χ1) is 10.8. The molecule has 4 atom stereocenters. The van der Waals surface area contributed by atoms with Crippen LogP contribution in [0.4, 0.5) is 0 Å². The van der Waals surface area contributed by atoms with Crippen LogP contribution in [0.1, 0.15) is 31.7 Å². The number of fused-ring (bicyclic) bond motifs is 1. The van der Waals surface area contributed by atoms with Crippen LogP contribution >= 0.6 is 15.9 Å². The zero-order valence-electron chi connectivity index (χ0n) is 13.1. The molecule has 0 amide bonds. The highest BCUT2D eigenvalue weighted by molar-refractivity contribution is 9.10. The van der Waals surface area contributed by atoms with E-state index >= 15 is 0 Å². The van der Waals surface area contributed by atoms with E-state index in [-0.39, 0.29) is 17.1 Å². The molecule has 0 saturated carbocycles. The molecule has 120 valence electrons. The molecule has 1 aliphatic carbocycles. The second kappa shape index (κ2) is 5.77. The predicted molar refractivity (Wildman–Crippen MR) is 90.0 cm³/mol. The average molecular weight is 375 g/mol. The summed E-state index contributed by atoms with van der Waals surface area (Å²) in [5, 5.41) is 9.59. The fourth-order valence-electron chi connectivity index (χ4n) is 3.64. The molecule has 1 aliphatic heterocycles. The highest BCUT2D eigenvalue weighted by Gasteiger charge is 2.49. The smallest absolute Gasteiger partial charge is 0.163 e. The van der Waals surface area contributed by atoms with Gasteiger partial charge in [-0.1, -0.05) is 41.9 Å². The third kappa shape index (κ3) is 2.93. The number of carbonyl (C=O) groups excluding carboxylic acids is 1. The standard InChI is InChI=1S/C18H19BrN2O2/c1-18(2)7-13(22)16-14(8-18)23-17(21)12(9-20)15(16)10-4-3-5-11(19)6-10/h3-6,8,12,15-17H,7,21H2,1-2H3. The summed E-state index contributed by atoms with van der Waals surface area (Å²) in [5.41, 5.74) is 6.78. The lowest BCUT2D eigenvalue weighted by atomic mass is 9.66. The maximum absolute atomic E-state index is 12.8. The summed E-state index contributed by atoms with van der Waals surface area (Å²) >= 11 is 3.46. The first-order valence-corrected chi connectivity index (χ1v) is 8.44.